The molecule has 1 aromatic rings. The van der Waals surface area contributed by atoms with Gasteiger partial charge in [-0.3, -0.25) is 4.79 Å². The third kappa shape index (κ3) is 2.90. The number of hydrogen-bond acceptors (Lipinski definition) is 5. The van der Waals surface area contributed by atoms with Crippen LogP contribution in [0.5, 0.6) is 5.75 Å². The van der Waals surface area contributed by atoms with Gasteiger partial charge in [-0.15, -0.1) is 0 Å². The number of hydrogen-bond donors (Lipinski definition) is 2. The van der Waals surface area contributed by atoms with Crippen LogP contribution in [0.1, 0.15) is 10.4 Å². The van der Waals surface area contributed by atoms with Gasteiger partial charge in [-0.2, -0.15) is 0 Å². The second kappa shape index (κ2) is 6.16. The number of ether oxygens (including phenoxy) is 1. The topological polar surface area (TPSA) is 70.8 Å². The number of nitrogen functional groups attached to an aromatic ring is 1. The van der Waals surface area contributed by atoms with Gasteiger partial charge in [0, 0.05) is 32.2 Å². The highest BCUT2D eigenvalue weighted by atomic mass is 35.5. The minimum atomic E-state index is -0.197. The molecule has 3 rings (SSSR count). The highest BCUT2D eigenvalue weighted by Gasteiger charge is 2.31. The maximum Gasteiger partial charge on any atom is 0.255 e. The number of nitrogens with zero attached hydrogens (tertiary/aromatic N) is 2. The predicted molar refractivity (Wildman–Crippen MR) is 86.0 cm³/mol. The van der Waals surface area contributed by atoms with E-state index >= 15 is 0 Å². The molecule has 0 radical (unpaired) electrons. The molecule has 3 N–H and O–H groups in total. The Morgan fingerprint density at radius 3 is 2.55 bits per heavy atom. The largest absolute Gasteiger partial charge is 0.496 e. The predicted octanol–water partition coefficient (Wildman–Crippen LogP) is 1.13. The average Bonchev–Trinajstić information content (AvgIpc) is 2.91. The molecule has 2 aliphatic rings. The van der Waals surface area contributed by atoms with Crippen molar-refractivity contribution in [2.75, 3.05) is 39.0 Å². The van der Waals surface area contributed by atoms with Gasteiger partial charge in [0.25, 0.3) is 5.91 Å². The highest BCUT2D eigenvalue weighted by Crippen LogP contribution is 2.29. The summed E-state index contributed by atoms with van der Waals surface area (Å²) in [5.74, 6) is 0.231. The summed E-state index contributed by atoms with van der Waals surface area (Å²) in [6.07, 6.45) is 4.28. The number of halogens is 1. The Morgan fingerprint density at radius 1 is 1.32 bits per heavy atom. The van der Waals surface area contributed by atoms with Crippen LogP contribution in [0.15, 0.2) is 24.3 Å². The molecule has 0 saturated carbocycles. The Balaban J connectivity index is 1.71. The SMILES string of the molecule is COc1cc(N)c(Cl)cc1C(=O)NC1CN2CC=CCN2C1. The van der Waals surface area contributed by atoms with E-state index in [2.05, 4.69) is 27.5 Å². The standard InChI is InChI=1S/C15H19ClN4O2/c1-22-14-7-13(17)12(16)6-11(14)15(21)18-10-8-19-4-2-3-5-20(19)9-10/h2-3,6-7,10H,4-5,8-9,17H2,1H3,(H,18,21). The second-order valence-corrected chi connectivity index (χ2v) is 5.87. The van der Waals surface area contributed by atoms with E-state index in [0.29, 0.717) is 22.0 Å². The normalized spacial score (nSPS) is 19.2. The number of benzene rings is 1. The van der Waals surface area contributed by atoms with Crippen LogP contribution in [0, 0.1) is 0 Å². The lowest BCUT2D eigenvalue weighted by Gasteiger charge is -2.28. The fourth-order valence-electron chi connectivity index (χ4n) is 2.84. The fraction of sp³-hybridized carbons (Fsp3) is 0.400. The summed E-state index contributed by atoms with van der Waals surface area (Å²) in [6.45, 7) is 3.40. The van der Waals surface area contributed by atoms with E-state index in [1.165, 1.54) is 7.11 Å². The Kier molecular flexibility index (Phi) is 4.24. The Bertz CT molecular complexity index is 604. The summed E-state index contributed by atoms with van der Waals surface area (Å²) in [4.78, 5) is 12.5. The Labute approximate surface area is 134 Å². The van der Waals surface area contributed by atoms with Gasteiger partial charge >= 0.3 is 0 Å². The number of fused-ring (bicyclic) bond motifs is 1. The van der Waals surface area contributed by atoms with Crippen LogP contribution in [0.25, 0.3) is 0 Å². The number of anilines is 1. The van der Waals surface area contributed by atoms with Crippen LogP contribution in [0.3, 0.4) is 0 Å². The first-order chi connectivity index (χ1) is 10.6. The summed E-state index contributed by atoms with van der Waals surface area (Å²) < 4.78 is 5.23. The van der Waals surface area contributed by atoms with Crippen molar-refractivity contribution in [3.05, 3.63) is 34.9 Å². The summed E-state index contributed by atoms with van der Waals surface area (Å²) in [5, 5.41) is 7.86. The number of nitrogens with one attached hydrogen (secondary N) is 1. The molecule has 2 aliphatic heterocycles. The summed E-state index contributed by atoms with van der Waals surface area (Å²) >= 11 is 6.02. The maximum absolute atomic E-state index is 12.5. The number of rotatable bonds is 3. The molecule has 0 spiro atoms. The zero-order valence-electron chi connectivity index (χ0n) is 12.4. The molecule has 2 heterocycles. The van der Waals surface area contributed by atoms with E-state index < -0.39 is 0 Å². The first kappa shape index (κ1) is 15.1. The van der Waals surface area contributed by atoms with Crippen molar-refractivity contribution in [3.63, 3.8) is 0 Å². The van der Waals surface area contributed by atoms with Gasteiger partial charge in [0.2, 0.25) is 0 Å². The van der Waals surface area contributed by atoms with Crippen molar-refractivity contribution in [3.8, 4) is 5.75 Å². The lowest BCUT2D eigenvalue weighted by atomic mass is 10.1. The first-order valence-corrected chi connectivity index (χ1v) is 7.55. The van der Waals surface area contributed by atoms with Crippen LogP contribution in [-0.4, -0.2) is 55.3 Å². The minimum Gasteiger partial charge on any atom is -0.496 e. The van der Waals surface area contributed by atoms with E-state index in [9.17, 15) is 4.79 Å². The van der Waals surface area contributed by atoms with E-state index in [1.54, 1.807) is 12.1 Å². The third-order valence-electron chi connectivity index (χ3n) is 3.96. The number of carbonyl (C=O) groups is 1. The van der Waals surface area contributed by atoms with Gasteiger partial charge in [0.05, 0.1) is 29.4 Å². The Hall–Kier alpha value is -1.76. The van der Waals surface area contributed by atoms with Gasteiger partial charge in [-0.25, -0.2) is 10.0 Å². The molecule has 118 valence electrons. The van der Waals surface area contributed by atoms with Crippen LogP contribution >= 0.6 is 11.6 Å². The van der Waals surface area contributed by atoms with Gasteiger partial charge in [-0.1, -0.05) is 23.8 Å². The molecule has 1 aromatic carbocycles. The van der Waals surface area contributed by atoms with Crippen LogP contribution in [-0.2, 0) is 0 Å². The summed E-state index contributed by atoms with van der Waals surface area (Å²) in [5.41, 5.74) is 6.54. The zero-order chi connectivity index (χ0) is 15.7. The smallest absolute Gasteiger partial charge is 0.255 e. The molecule has 0 aliphatic carbocycles. The molecule has 1 fully saturated rings. The van der Waals surface area contributed by atoms with Gasteiger partial charge in [0.1, 0.15) is 5.75 Å². The molecule has 0 aromatic heterocycles. The lowest BCUT2D eigenvalue weighted by Crippen LogP contribution is -2.39. The molecule has 0 bridgehead atoms. The monoisotopic (exact) mass is 322 g/mol. The molecule has 1 amide bonds. The lowest BCUT2D eigenvalue weighted by molar-refractivity contribution is 0.0449. The number of nitrogens with two attached hydrogens (primary N) is 1. The first-order valence-electron chi connectivity index (χ1n) is 7.17. The number of carbonyl (C=O) groups excluding carboxylic acids is 1. The van der Waals surface area contributed by atoms with Gasteiger partial charge in [0.15, 0.2) is 0 Å². The van der Waals surface area contributed by atoms with Gasteiger partial charge < -0.3 is 15.8 Å². The van der Waals surface area contributed by atoms with E-state index in [0.717, 1.165) is 26.2 Å². The quantitative estimate of drug-likeness (QED) is 0.645. The maximum atomic E-state index is 12.5. The molecular weight excluding hydrogens is 304 g/mol. The number of hydrazine groups is 1. The van der Waals surface area contributed by atoms with Crippen LogP contribution in [0.2, 0.25) is 5.02 Å². The van der Waals surface area contributed by atoms with E-state index in [1.807, 2.05) is 0 Å². The summed E-state index contributed by atoms with van der Waals surface area (Å²) in [6, 6.07) is 3.20. The second-order valence-electron chi connectivity index (χ2n) is 5.46. The molecule has 1 saturated heterocycles. The van der Waals surface area contributed by atoms with Crippen molar-refractivity contribution in [1.82, 2.24) is 15.3 Å². The van der Waals surface area contributed by atoms with Crippen molar-refractivity contribution in [2.24, 2.45) is 0 Å². The third-order valence-corrected chi connectivity index (χ3v) is 4.29. The summed E-state index contributed by atoms with van der Waals surface area (Å²) in [7, 11) is 1.51. The minimum absolute atomic E-state index is 0.0773. The van der Waals surface area contributed by atoms with E-state index in [-0.39, 0.29) is 11.9 Å². The Morgan fingerprint density at radius 2 is 1.95 bits per heavy atom. The molecule has 0 atom stereocenters. The van der Waals surface area contributed by atoms with Crippen molar-refractivity contribution in [1.29, 1.82) is 0 Å². The zero-order valence-corrected chi connectivity index (χ0v) is 13.1. The van der Waals surface area contributed by atoms with Crippen LogP contribution in [0.4, 0.5) is 5.69 Å². The van der Waals surface area contributed by atoms with Crippen molar-refractivity contribution < 1.29 is 9.53 Å². The highest BCUT2D eigenvalue weighted by molar-refractivity contribution is 6.33. The van der Waals surface area contributed by atoms with Crippen LogP contribution < -0.4 is 15.8 Å². The number of amides is 1. The molecule has 6 nitrogen and oxygen atoms in total. The molecule has 22 heavy (non-hydrogen) atoms. The van der Waals surface area contributed by atoms with Crippen molar-refractivity contribution >= 4 is 23.2 Å². The van der Waals surface area contributed by atoms with E-state index in [4.69, 9.17) is 22.1 Å². The molecular formula is C15H19ClN4O2. The molecule has 7 heteroatoms. The molecule has 0 unspecified atom stereocenters. The fourth-order valence-corrected chi connectivity index (χ4v) is 3.00. The average molecular weight is 323 g/mol. The number of methoxy groups -OCH3 is 1. The van der Waals surface area contributed by atoms with Gasteiger partial charge in [-0.05, 0) is 6.07 Å². The van der Waals surface area contributed by atoms with Crippen molar-refractivity contribution in [2.45, 2.75) is 6.04 Å².